The van der Waals surface area contributed by atoms with E-state index in [2.05, 4.69) is 10.3 Å². The Balaban J connectivity index is 1.88. The minimum atomic E-state index is -5.37. The Kier molecular flexibility index (Phi) is 11.1. The van der Waals surface area contributed by atoms with Crippen LogP contribution in [0.2, 0.25) is 0 Å². The molecule has 46 heavy (non-hydrogen) atoms. The van der Waals surface area contributed by atoms with Crippen LogP contribution in [-0.2, 0) is 32.1 Å². The highest BCUT2D eigenvalue weighted by Crippen LogP contribution is 2.24. The molecule has 0 aliphatic heterocycles. The Morgan fingerprint density at radius 1 is 0.957 bits per heavy atom. The number of hydrogen-bond donors (Lipinski definition) is 2. The number of halogens is 6. The lowest BCUT2D eigenvalue weighted by Crippen LogP contribution is -2.57. The number of aromatic nitrogens is 2. The Morgan fingerprint density at radius 2 is 1.57 bits per heavy atom. The summed E-state index contributed by atoms with van der Waals surface area (Å²) < 4.78 is 83.2. The topological polar surface area (TPSA) is 130 Å². The van der Waals surface area contributed by atoms with E-state index in [9.17, 15) is 50.3 Å². The summed E-state index contributed by atoms with van der Waals surface area (Å²) >= 11 is 0. The van der Waals surface area contributed by atoms with Crippen molar-refractivity contribution in [3.05, 3.63) is 82.5 Å². The highest BCUT2D eigenvalue weighted by atomic mass is 19.4. The molecule has 2 N–H and O–H groups in total. The highest BCUT2D eigenvalue weighted by Gasteiger charge is 2.51. The average Bonchev–Trinajstić information content (AvgIpc) is 3.00. The number of rotatable bonds is 12. The van der Waals surface area contributed by atoms with Crippen LogP contribution in [-0.4, -0.2) is 64.8 Å². The van der Waals surface area contributed by atoms with Gasteiger partial charge in [0.2, 0.25) is 11.7 Å². The third-order valence-corrected chi connectivity index (χ3v) is 6.74. The van der Waals surface area contributed by atoms with Gasteiger partial charge in [0.25, 0.3) is 11.5 Å². The zero-order valence-corrected chi connectivity index (χ0v) is 24.7. The maximum Gasteiger partial charge on any atom is 0.471 e. The molecule has 0 saturated carbocycles. The van der Waals surface area contributed by atoms with Gasteiger partial charge in [-0.05, 0) is 42.2 Å². The van der Waals surface area contributed by atoms with Crippen LogP contribution in [0.5, 0.6) is 0 Å². The Morgan fingerprint density at radius 3 is 2.13 bits per heavy atom. The largest absolute Gasteiger partial charge is 0.471 e. The molecule has 0 bridgehead atoms. The van der Waals surface area contributed by atoms with Crippen molar-refractivity contribution in [1.82, 2.24) is 20.2 Å². The summed E-state index contributed by atoms with van der Waals surface area (Å²) in [6, 6.07) is 10.9. The van der Waals surface area contributed by atoms with E-state index in [0.717, 1.165) is 29.8 Å². The van der Waals surface area contributed by atoms with Gasteiger partial charge in [-0.1, -0.05) is 44.2 Å². The predicted octanol–water partition coefficient (Wildman–Crippen LogP) is 3.28. The SMILES string of the molecule is CC(C)C(NC(=O)Cn1c(-c2ccc(F)cc2)ncc(N(C)C(=O)C(F)(F)F)c1=O)C(=O)C(F)(F)C(=O)NCCc1ccccc1. The zero-order valence-electron chi connectivity index (χ0n) is 24.7. The molecule has 3 amide bonds. The number of nitrogens with one attached hydrogen (secondary N) is 2. The number of nitrogens with zero attached hydrogens (tertiary/aromatic N) is 3. The van der Waals surface area contributed by atoms with Crippen molar-refractivity contribution in [3.8, 4) is 11.4 Å². The van der Waals surface area contributed by atoms with Gasteiger partial charge in [0, 0.05) is 19.2 Å². The normalized spacial score (nSPS) is 12.4. The highest BCUT2D eigenvalue weighted by molar-refractivity contribution is 6.10. The molecular weight excluding hydrogens is 624 g/mol. The van der Waals surface area contributed by atoms with Crippen LogP contribution in [0.25, 0.3) is 11.4 Å². The van der Waals surface area contributed by atoms with Gasteiger partial charge in [-0.15, -0.1) is 0 Å². The summed E-state index contributed by atoms with van der Waals surface area (Å²) in [5.41, 5.74) is -1.44. The van der Waals surface area contributed by atoms with Crippen LogP contribution < -0.4 is 21.1 Å². The maximum atomic E-state index is 15.0. The molecule has 3 rings (SSSR count). The van der Waals surface area contributed by atoms with Crippen molar-refractivity contribution >= 4 is 29.2 Å². The van der Waals surface area contributed by atoms with Gasteiger partial charge < -0.3 is 15.5 Å². The van der Waals surface area contributed by atoms with Crippen LogP contribution in [0, 0.1) is 11.7 Å². The second kappa shape index (κ2) is 14.4. The molecule has 0 radical (unpaired) electrons. The molecule has 2 aromatic carbocycles. The smallest absolute Gasteiger partial charge is 0.350 e. The molecule has 10 nitrogen and oxygen atoms in total. The second-order valence-corrected chi connectivity index (χ2v) is 10.4. The molecule has 1 unspecified atom stereocenters. The molecule has 3 aromatic rings. The van der Waals surface area contributed by atoms with Crippen LogP contribution in [0.4, 0.5) is 32.0 Å². The summed E-state index contributed by atoms with van der Waals surface area (Å²) in [6.07, 6.45) is -4.53. The average molecular weight is 654 g/mol. The molecule has 1 atom stereocenters. The number of carbonyl (C=O) groups is 4. The van der Waals surface area contributed by atoms with Crippen LogP contribution in [0.1, 0.15) is 19.4 Å². The lowest BCUT2D eigenvalue weighted by Gasteiger charge is -2.26. The lowest BCUT2D eigenvalue weighted by atomic mass is 9.95. The number of benzene rings is 2. The summed E-state index contributed by atoms with van der Waals surface area (Å²) in [5.74, 6) is -14.1. The summed E-state index contributed by atoms with van der Waals surface area (Å²) in [7, 11) is 0.649. The fourth-order valence-corrected chi connectivity index (χ4v) is 4.27. The van der Waals surface area contributed by atoms with Crippen molar-refractivity contribution < 1.29 is 45.5 Å². The molecule has 0 aliphatic carbocycles. The van der Waals surface area contributed by atoms with Crippen molar-refractivity contribution in [2.75, 3.05) is 18.5 Å². The van der Waals surface area contributed by atoms with E-state index < -0.39 is 71.2 Å². The van der Waals surface area contributed by atoms with E-state index >= 15 is 0 Å². The van der Waals surface area contributed by atoms with Crippen LogP contribution >= 0.6 is 0 Å². The second-order valence-electron chi connectivity index (χ2n) is 10.4. The maximum absolute atomic E-state index is 15.0. The van der Waals surface area contributed by atoms with E-state index in [-0.39, 0.29) is 29.3 Å². The minimum Gasteiger partial charge on any atom is -0.350 e. The number of hydrogen-bond acceptors (Lipinski definition) is 6. The standard InChI is InChI=1S/C30H29F6N5O5/c1-17(2)23(24(43)29(32,33)27(45)37-14-13-18-7-5-4-6-8-18)39-22(42)16-41-25(19-9-11-20(31)12-10-19)38-15-21(26(41)44)40(3)28(46)30(34,35)36/h4-12,15,17,23H,13-14,16H2,1-3H3,(H,37,45)(H,39,42). The van der Waals surface area contributed by atoms with Crippen molar-refractivity contribution in [2.24, 2.45) is 5.92 Å². The van der Waals surface area contributed by atoms with E-state index in [4.69, 9.17) is 0 Å². The fourth-order valence-electron chi connectivity index (χ4n) is 4.27. The van der Waals surface area contributed by atoms with Crippen LogP contribution in [0.15, 0.2) is 65.6 Å². The van der Waals surface area contributed by atoms with Gasteiger partial charge in [0.1, 0.15) is 23.9 Å². The molecule has 0 spiro atoms. The van der Waals surface area contributed by atoms with E-state index in [1.165, 1.54) is 13.8 Å². The van der Waals surface area contributed by atoms with Gasteiger partial charge in [-0.3, -0.25) is 28.5 Å². The monoisotopic (exact) mass is 653 g/mol. The summed E-state index contributed by atoms with van der Waals surface area (Å²) in [4.78, 5) is 67.3. The quantitative estimate of drug-likeness (QED) is 0.228. The van der Waals surface area contributed by atoms with Gasteiger partial charge in [-0.25, -0.2) is 9.37 Å². The summed E-state index contributed by atoms with van der Waals surface area (Å²) in [5, 5.41) is 4.06. The number of alkyl halides is 5. The molecule has 1 heterocycles. The van der Waals surface area contributed by atoms with Gasteiger partial charge >= 0.3 is 18.0 Å². The molecule has 0 fully saturated rings. The van der Waals surface area contributed by atoms with E-state index in [0.29, 0.717) is 17.8 Å². The number of carbonyl (C=O) groups excluding carboxylic acids is 4. The number of Topliss-reactive ketones (excluding diaryl/α,β-unsaturated/α-hetero) is 1. The molecule has 246 valence electrons. The van der Waals surface area contributed by atoms with Gasteiger partial charge in [-0.2, -0.15) is 22.0 Å². The third-order valence-electron chi connectivity index (χ3n) is 6.74. The third kappa shape index (κ3) is 8.37. The van der Waals surface area contributed by atoms with Gasteiger partial charge in [0.05, 0.1) is 12.2 Å². The van der Waals surface area contributed by atoms with Crippen molar-refractivity contribution in [3.63, 3.8) is 0 Å². The molecule has 16 heteroatoms. The number of anilines is 1. The Bertz CT molecular complexity index is 1640. The molecule has 1 aromatic heterocycles. The molecular formula is C30H29F6N5O5. The first-order valence-corrected chi connectivity index (χ1v) is 13.7. The lowest BCUT2D eigenvalue weighted by molar-refractivity contribution is -0.170. The van der Waals surface area contributed by atoms with Gasteiger partial charge in [0.15, 0.2) is 0 Å². The van der Waals surface area contributed by atoms with Crippen molar-refractivity contribution in [1.29, 1.82) is 0 Å². The van der Waals surface area contributed by atoms with Crippen molar-refractivity contribution in [2.45, 2.75) is 45.0 Å². The van der Waals surface area contributed by atoms with E-state index in [1.807, 2.05) is 5.32 Å². The summed E-state index contributed by atoms with van der Waals surface area (Å²) in [6.45, 7) is 1.32. The number of ketones is 1. The molecule has 0 aliphatic rings. The fraction of sp³-hybridized carbons (Fsp3) is 0.333. The first-order valence-electron chi connectivity index (χ1n) is 13.7. The minimum absolute atomic E-state index is 0.0258. The first-order chi connectivity index (χ1) is 21.4. The van der Waals surface area contributed by atoms with Crippen LogP contribution in [0.3, 0.4) is 0 Å². The Labute approximate surface area is 258 Å². The number of amides is 3. The molecule has 0 saturated heterocycles. The predicted molar refractivity (Wildman–Crippen MR) is 153 cm³/mol. The Hall–Kier alpha value is -5.02. The zero-order chi connectivity index (χ0) is 34.4. The first kappa shape index (κ1) is 35.5. The van der Waals surface area contributed by atoms with E-state index in [1.54, 1.807) is 30.3 Å².